The second kappa shape index (κ2) is 11.3. The van der Waals surface area contributed by atoms with Crippen molar-refractivity contribution < 1.29 is 14.2 Å². The van der Waals surface area contributed by atoms with Gasteiger partial charge in [-0.1, -0.05) is 26.2 Å². The molecular weight excluding hydrogens is 326 g/mol. The summed E-state index contributed by atoms with van der Waals surface area (Å²) in [5, 5.41) is 3.64. The lowest BCUT2D eigenvalue weighted by Crippen LogP contribution is -2.26. The minimum atomic E-state index is 0.595. The molecule has 0 saturated heterocycles. The van der Waals surface area contributed by atoms with Gasteiger partial charge < -0.3 is 19.5 Å². The standard InChI is InChI=1S/C22H37NO3/c1-5-17-9-11-18(12-10-17)15-23-16-19-13-20(24-6-2)22(26-8-4)21(14-19)25-7-3/h13-14,17-18,23H,5-12,15-16H2,1-4H3. The van der Waals surface area contributed by atoms with Gasteiger partial charge in [0.2, 0.25) is 5.75 Å². The molecule has 0 unspecified atom stereocenters. The molecule has 4 nitrogen and oxygen atoms in total. The molecule has 2 rings (SSSR count). The molecule has 0 aliphatic heterocycles. The molecule has 1 aliphatic rings. The lowest BCUT2D eigenvalue weighted by Gasteiger charge is -2.28. The topological polar surface area (TPSA) is 39.7 Å². The molecule has 0 atom stereocenters. The van der Waals surface area contributed by atoms with Crippen molar-refractivity contribution in [1.82, 2.24) is 5.32 Å². The summed E-state index contributed by atoms with van der Waals surface area (Å²) in [4.78, 5) is 0. The van der Waals surface area contributed by atoms with Gasteiger partial charge in [0.1, 0.15) is 0 Å². The van der Waals surface area contributed by atoms with Gasteiger partial charge in [-0.15, -0.1) is 0 Å². The fourth-order valence-electron chi connectivity index (χ4n) is 3.81. The Balaban J connectivity index is 1.97. The van der Waals surface area contributed by atoms with Crippen LogP contribution in [0.15, 0.2) is 12.1 Å². The van der Waals surface area contributed by atoms with Crippen LogP contribution in [-0.2, 0) is 6.54 Å². The summed E-state index contributed by atoms with van der Waals surface area (Å²) >= 11 is 0. The Morgan fingerprint density at radius 2 is 1.35 bits per heavy atom. The summed E-state index contributed by atoms with van der Waals surface area (Å²) in [6.07, 6.45) is 6.86. The highest BCUT2D eigenvalue weighted by Gasteiger charge is 2.20. The quantitative estimate of drug-likeness (QED) is 0.587. The average molecular weight is 364 g/mol. The number of rotatable bonds is 11. The summed E-state index contributed by atoms with van der Waals surface area (Å²) in [5.74, 6) is 4.05. The molecule has 0 heterocycles. The van der Waals surface area contributed by atoms with E-state index in [1.165, 1.54) is 37.7 Å². The monoisotopic (exact) mass is 363 g/mol. The van der Waals surface area contributed by atoms with Crippen molar-refractivity contribution in [3.63, 3.8) is 0 Å². The van der Waals surface area contributed by atoms with Crippen LogP contribution < -0.4 is 19.5 Å². The number of hydrogen-bond acceptors (Lipinski definition) is 4. The van der Waals surface area contributed by atoms with E-state index in [0.29, 0.717) is 19.8 Å². The van der Waals surface area contributed by atoms with Crippen molar-refractivity contribution in [2.45, 2.75) is 66.3 Å². The van der Waals surface area contributed by atoms with E-state index >= 15 is 0 Å². The van der Waals surface area contributed by atoms with Gasteiger partial charge in [-0.25, -0.2) is 0 Å². The molecule has 0 spiro atoms. The molecule has 1 saturated carbocycles. The maximum atomic E-state index is 5.80. The van der Waals surface area contributed by atoms with E-state index in [2.05, 4.69) is 24.4 Å². The largest absolute Gasteiger partial charge is 0.490 e. The van der Waals surface area contributed by atoms with E-state index in [-0.39, 0.29) is 0 Å². The Hall–Kier alpha value is -1.42. The highest BCUT2D eigenvalue weighted by Crippen LogP contribution is 2.39. The van der Waals surface area contributed by atoms with E-state index in [1.807, 2.05) is 20.8 Å². The molecular formula is C22H37NO3. The number of benzene rings is 1. The number of nitrogens with one attached hydrogen (secondary N) is 1. The van der Waals surface area contributed by atoms with Crippen molar-refractivity contribution in [2.24, 2.45) is 11.8 Å². The predicted molar refractivity (Wildman–Crippen MR) is 107 cm³/mol. The summed E-state index contributed by atoms with van der Waals surface area (Å²) in [6, 6.07) is 4.16. The molecule has 1 aromatic carbocycles. The van der Waals surface area contributed by atoms with Crippen molar-refractivity contribution in [3.05, 3.63) is 17.7 Å². The third-order valence-electron chi connectivity index (χ3n) is 5.27. The van der Waals surface area contributed by atoms with Gasteiger partial charge in [0.05, 0.1) is 19.8 Å². The first kappa shape index (κ1) is 20.9. The van der Waals surface area contributed by atoms with Crippen LogP contribution in [0.4, 0.5) is 0 Å². The first-order chi connectivity index (χ1) is 12.7. The minimum Gasteiger partial charge on any atom is -0.490 e. The predicted octanol–water partition coefficient (Wildman–Crippen LogP) is 5.19. The SMILES string of the molecule is CCOc1cc(CNCC2CCC(CC)CC2)cc(OCC)c1OCC. The van der Waals surface area contributed by atoms with Crippen LogP contribution >= 0.6 is 0 Å². The van der Waals surface area contributed by atoms with E-state index in [1.54, 1.807) is 0 Å². The molecule has 1 fully saturated rings. The summed E-state index contributed by atoms with van der Waals surface area (Å²) in [5.41, 5.74) is 1.18. The van der Waals surface area contributed by atoms with Crippen molar-refractivity contribution >= 4 is 0 Å². The van der Waals surface area contributed by atoms with Crippen LogP contribution in [0.5, 0.6) is 17.2 Å². The summed E-state index contributed by atoms with van der Waals surface area (Å²) in [7, 11) is 0. The zero-order valence-electron chi connectivity index (χ0n) is 17.1. The van der Waals surface area contributed by atoms with Crippen LogP contribution in [-0.4, -0.2) is 26.4 Å². The molecule has 1 aliphatic carbocycles. The Kier molecular flexibility index (Phi) is 9.10. The van der Waals surface area contributed by atoms with Gasteiger partial charge in [-0.2, -0.15) is 0 Å². The van der Waals surface area contributed by atoms with Gasteiger partial charge >= 0.3 is 0 Å². The first-order valence-corrected chi connectivity index (χ1v) is 10.5. The Morgan fingerprint density at radius 3 is 1.85 bits per heavy atom. The molecule has 4 heteroatoms. The Bertz CT molecular complexity index is 497. The van der Waals surface area contributed by atoms with Crippen LogP contribution in [0, 0.1) is 11.8 Å². The highest BCUT2D eigenvalue weighted by atomic mass is 16.5. The maximum absolute atomic E-state index is 5.80. The van der Waals surface area contributed by atoms with Crippen LogP contribution in [0.2, 0.25) is 0 Å². The molecule has 0 aromatic heterocycles. The molecule has 148 valence electrons. The third kappa shape index (κ3) is 6.08. The van der Waals surface area contributed by atoms with E-state index in [4.69, 9.17) is 14.2 Å². The minimum absolute atomic E-state index is 0.595. The van der Waals surface area contributed by atoms with Crippen LogP contribution in [0.3, 0.4) is 0 Å². The van der Waals surface area contributed by atoms with E-state index in [9.17, 15) is 0 Å². The van der Waals surface area contributed by atoms with Gasteiger partial charge in [0.15, 0.2) is 11.5 Å². The van der Waals surface area contributed by atoms with Crippen LogP contribution in [0.25, 0.3) is 0 Å². The fraction of sp³-hybridized carbons (Fsp3) is 0.727. The van der Waals surface area contributed by atoms with Crippen molar-refractivity contribution in [3.8, 4) is 17.2 Å². The second-order valence-electron chi connectivity index (χ2n) is 7.15. The van der Waals surface area contributed by atoms with Crippen molar-refractivity contribution in [2.75, 3.05) is 26.4 Å². The Labute approximate surface area is 159 Å². The zero-order valence-corrected chi connectivity index (χ0v) is 17.1. The average Bonchev–Trinajstić information content (AvgIpc) is 2.65. The maximum Gasteiger partial charge on any atom is 0.203 e. The van der Waals surface area contributed by atoms with E-state index in [0.717, 1.165) is 42.2 Å². The van der Waals surface area contributed by atoms with Crippen LogP contribution in [0.1, 0.15) is 65.4 Å². The molecule has 0 radical (unpaired) electrons. The highest BCUT2D eigenvalue weighted by molar-refractivity contribution is 5.54. The fourth-order valence-corrected chi connectivity index (χ4v) is 3.81. The number of hydrogen-bond donors (Lipinski definition) is 1. The van der Waals surface area contributed by atoms with Gasteiger partial charge in [-0.05, 0) is 69.7 Å². The lowest BCUT2D eigenvalue weighted by atomic mass is 9.81. The number of ether oxygens (including phenoxy) is 3. The molecule has 26 heavy (non-hydrogen) atoms. The Morgan fingerprint density at radius 1 is 0.808 bits per heavy atom. The lowest BCUT2D eigenvalue weighted by molar-refractivity contribution is 0.258. The zero-order chi connectivity index (χ0) is 18.8. The van der Waals surface area contributed by atoms with Gasteiger partial charge in [0.25, 0.3) is 0 Å². The summed E-state index contributed by atoms with van der Waals surface area (Å²) < 4.78 is 17.4. The smallest absolute Gasteiger partial charge is 0.203 e. The van der Waals surface area contributed by atoms with E-state index < -0.39 is 0 Å². The summed E-state index contributed by atoms with van der Waals surface area (Å²) in [6.45, 7) is 12.0. The first-order valence-electron chi connectivity index (χ1n) is 10.5. The van der Waals surface area contributed by atoms with Gasteiger partial charge in [-0.3, -0.25) is 0 Å². The molecule has 1 N–H and O–H groups in total. The second-order valence-corrected chi connectivity index (χ2v) is 7.15. The normalized spacial score (nSPS) is 20.0. The molecule has 0 amide bonds. The molecule has 1 aromatic rings. The van der Waals surface area contributed by atoms with Gasteiger partial charge in [0, 0.05) is 6.54 Å². The molecule has 0 bridgehead atoms. The third-order valence-corrected chi connectivity index (χ3v) is 5.27. The van der Waals surface area contributed by atoms with Crippen molar-refractivity contribution in [1.29, 1.82) is 0 Å².